The zero-order valence-corrected chi connectivity index (χ0v) is 15.6. The molecule has 0 saturated heterocycles. The van der Waals surface area contributed by atoms with E-state index in [0.717, 1.165) is 16.8 Å². The molecule has 0 saturated carbocycles. The van der Waals surface area contributed by atoms with Gasteiger partial charge >= 0.3 is 0 Å². The first-order chi connectivity index (χ1) is 13.5. The van der Waals surface area contributed by atoms with E-state index < -0.39 is 0 Å². The summed E-state index contributed by atoms with van der Waals surface area (Å²) in [4.78, 5) is 23.8. The predicted octanol–water partition coefficient (Wildman–Crippen LogP) is 1.76. The van der Waals surface area contributed by atoms with Crippen LogP contribution >= 0.6 is 0 Å². The van der Waals surface area contributed by atoms with Crippen LogP contribution in [0.15, 0.2) is 35.1 Å². The molecule has 0 radical (unpaired) electrons. The van der Waals surface area contributed by atoms with Gasteiger partial charge in [-0.05, 0) is 30.7 Å². The number of nitrogens with one attached hydrogen (secondary N) is 2. The molecule has 3 aromatic rings. The lowest BCUT2D eigenvalue weighted by atomic mass is 9.85. The number of ether oxygens (including phenoxy) is 2. The van der Waals surface area contributed by atoms with Gasteiger partial charge in [0.05, 0.1) is 19.9 Å². The number of benzene rings is 1. The van der Waals surface area contributed by atoms with Crippen LogP contribution in [0.1, 0.15) is 29.2 Å². The lowest BCUT2D eigenvalue weighted by molar-refractivity contribution is -0.116. The highest BCUT2D eigenvalue weighted by Gasteiger charge is 2.33. The van der Waals surface area contributed by atoms with Gasteiger partial charge in [0.1, 0.15) is 5.82 Å². The summed E-state index contributed by atoms with van der Waals surface area (Å²) < 4.78 is 12.2. The minimum absolute atomic E-state index is 0.127. The molecule has 0 spiro atoms. The smallest absolute Gasteiger partial charge is 0.264 e. The maximum absolute atomic E-state index is 12.4. The summed E-state index contributed by atoms with van der Waals surface area (Å²) in [6.45, 7) is 1.88. The quantitative estimate of drug-likeness (QED) is 0.712. The van der Waals surface area contributed by atoms with E-state index in [1.165, 1.54) is 10.7 Å². The van der Waals surface area contributed by atoms with Crippen LogP contribution in [0, 0.1) is 6.92 Å². The van der Waals surface area contributed by atoms with Crippen LogP contribution in [0.4, 0.5) is 5.82 Å². The van der Waals surface area contributed by atoms with Crippen LogP contribution in [-0.4, -0.2) is 40.1 Å². The molecular weight excluding hydrogens is 362 g/mol. The van der Waals surface area contributed by atoms with E-state index >= 15 is 0 Å². The number of aromatic amines is 1. The summed E-state index contributed by atoms with van der Waals surface area (Å²) in [5.41, 5.74) is 2.28. The van der Waals surface area contributed by atoms with Gasteiger partial charge in [-0.2, -0.15) is 14.9 Å². The van der Waals surface area contributed by atoms with Crippen molar-refractivity contribution >= 4 is 11.7 Å². The fourth-order valence-electron chi connectivity index (χ4n) is 3.52. The van der Waals surface area contributed by atoms with E-state index in [-0.39, 0.29) is 23.8 Å². The van der Waals surface area contributed by atoms with Gasteiger partial charge < -0.3 is 14.8 Å². The summed E-state index contributed by atoms with van der Waals surface area (Å²) in [6, 6.07) is 8.54. The highest BCUT2D eigenvalue weighted by molar-refractivity contribution is 5.95. The van der Waals surface area contributed by atoms with Crippen molar-refractivity contribution in [1.82, 2.24) is 20.0 Å². The van der Waals surface area contributed by atoms with E-state index in [0.29, 0.717) is 23.1 Å². The molecule has 1 amide bonds. The third-order valence-electron chi connectivity index (χ3n) is 4.79. The van der Waals surface area contributed by atoms with Gasteiger partial charge in [-0.15, -0.1) is 0 Å². The van der Waals surface area contributed by atoms with Crippen LogP contribution in [0.2, 0.25) is 0 Å². The largest absolute Gasteiger partial charge is 0.493 e. The molecule has 2 aromatic heterocycles. The Labute approximate surface area is 160 Å². The SMILES string of the molecule is COc1ccc(C2CC(=O)Nc3c2c(C)nn3-c2ccc(=O)[nH]n2)cc1OC. The molecule has 0 aliphatic carbocycles. The van der Waals surface area contributed by atoms with E-state index in [1.54, 1.807) is 20.3 Å². The zero-order valence-electron chi connectivity index (χ0n) is 15.6. The molecular formula is C19H19N5O4. The Hall–Kier alpha value is -3.62. The molecule has 1 aliphatic heterocycles. The molecule has 1 aliphatic rings. The Morgan fingerprint density at radius 2 is 1.89 bits per heavy atom. The molecule has 0 bridgehead atoms. The maximum atomic E-state index is 12.4. The van der Waals surface area contributed by atoms with Crippen LogP contribution in [0.25, 0.3) is 5.82 Å². The summed E-state index contributed by atoms with van der Waals surface area (Å²) in [5, 5.41) is 13.8. The third-order valence-corrected chi connectivity index (χ3v) is 4.79. The summed E-state index contributed by atoms with van der Waals surface area (Å²) in [7, 11) is 3.15. The Balaban J connectivity index is 1.85. The highest BCUT2D eigenvalue weighted by atomic mass is 16.5. The molecule has 1 aromatic carbocycles. The number of anilines is 1. The number of rotatable bonds is 4. The average Bonchev–Trinajstić information content (AvgIpc) is 3.03. The predicted molar refractivity (Wildman–Crippen MR) is 101 cm³/mol. The van der Waals surface area contributed by atoms with Gasteiger partial charge in [0, 0.05) is 24.0 Å². The van der Waals surface area contributed by atoms with E-state index in [4.69, 9.17) is 9.47 Å². The minimum atomic E-state index is -0.311. The number of fused-ring (bicyclic) bond motifs is 1. The van der Waals surface area contributed by atoms with Crippen molar-refractivity contribution in [2.75, 3.05) is 19.5 Å². The van der Waals surface area contributed by atoms with Gasteiger partial charge in [-0.3, -0.25) is 9.59 Å². The number of aryl methyl sites for hydroxylation is 1. The topological polar surface area (TPSA) is 111 Å². The summed E-state index contributed by atoms with van der Waals surface area (Å²) in [6.07, 6.45) is 0.286. The van der Waals surface area contributed by atoms with E-state index in [9.17, 15) is 9.59 Å². The standard InChI is InChI=1S/C19H19N5O4/c1-10-18-12(11-4-5-13(27-2)14(8-11)28-3)9-17(26)20-19(18)24(23-10)15-6-7-16(25)22-21-15/h4-8,12H,9H2,1-3H3,(H,20,26)(H,22,25). The minimum Gasteiger partial charge on any atom is -0.493 e. The molecule has 2 N–H and O–H groups in total. The van der Waals surface area contributed by atoms with E-state index in [1.807, 2.05) is 25.1 Å². The lowest BCUT2D eigenvalue weighted by Crippen LogP contribution is -2.25. The molecule has 3 heterocycles. The summed E-state index contributed by atoms with van der Waals surface area (Å²) in [5.74, 6) is 1.86. The first-order valence-electron chi connectivity index (χ1n) is 8.69. The Morgan fingerprint density at radius 1 is 1.11 bits per heavy atom. The monoisotopic (exact) mass is 381 g/mol. The number of carbonyl (C=O) groups excluding carboxylic acids is 1. The molecule has 144 valence electrons. The second-order valence-corrected chi connectivity index (χ2v) is 6.46. The first-order valence-corrected chi connectivity index (χ1v) is 8.69. The molecule has 0 fully saturated rings. The van der Waals surface area contributed by atoms with Crippen LogP contribution in [0.3, 0.4) is 0 Å². The van der Waals surface area contributed by atoms with Gasteiger partial charge in [0.2, 0.25) is 5.91 Å². The number of aromatic nitrogens is 4. The highest BCUT2D eigenvalue weighted by Crippen LogP contribution is 2.42. The molecule has 1 unspecified atom stereocenters. The fourth-order valence-corrected chi connectivity index (χ4v) is 3.52. The lowest BCUT2D eigenvalue weighted by Gasteiger charge is -2.24. The van der Waals surface area contributed by atoms with Gasteiger partial charge in [0.25, 0.3) is 5.56 Å². The second-order valence-electron chi connectivity index (χ2n) is 6.46. The fraction of sp³-hybridized carbons (Fsp3) is 0.263. The number of carbonyl (C=O) groups is 1. The molecule has 9 nitrogen and oxygen atoms in total. The number of hydrogen-bond donors (Lipinski definition) is 2. The first kappa shape index (κ1) is 17.8. The number of amides is 1. The maximum Gasteiger partial charge on any atom is 0.264 e. The average molecular weight is 381 g/mol. The second kappa shape index (κ2) is 6.84. The van der Waals surface area contributed by atoms with Crippen molar-refractivity contribution in [3.8, 4) is 17.3 Å². The summed E-state index contributed by atoms with van der Waals surface area (Å²) >= 11 is 0. The van der Waals surface area contributed by atoms with Gasteiger partial charge in [0.15, 0.2) is 17.3 Å². The Morgan fingerprint density at radius 3 is 2.57 bits per heavy atom. The molecule has 9 heteroatoms. The van der Waals surface area contributed by atoms with Crippen molar-refractivity contribution in [1.29, 1.82) is 0 Å². The Bertz CT molecular complexity index is 1100. The van der Waals surface area contributed by atoms with Crippen molar-refractivity contribution in [2.24, 2.45) is 0 Å². The van der Waals surface area contributed by atoms with Crippen LogP contribution < -0.4 is 20.3 Å². The van der Waals surface area contributed by atoms with Crippen molar-refractivity contribution in [2.45, 2.75) is 19.3 Å². The number of H-pyrrole nitrogens is 1. The van der Waals surface area contributed by atoms with Crippen molar-refractivity contribution < 1.29 is 14.3 Å². The normalized spacial score (nSPS) is 15.7. The van der Waals surface area contributed by atoms with Crippen LogP contribution in [-0.2, 0) is 4.79 Å². The Kier molecular flexibility index (Phi) is 4.34. The van der Waals surface area contributed by atoms with Crippen molar-refractivity contribution in [3.05, 3.63) is 57.5 Å². The van der Waals surface area contributed by atoms with Crippen molar-refractivity contribution in [3.63, 3.8) is 0 Å². The molecule has 1 atom stereocenters. The number of methoxy groups -OCH3 is 2. The zero-order chi connectivity index (χ0) is 19.8. The number of hydrogen-bond acceptors (Lipinski definition) is 6. The molecule has 28 heavy (non-hydrogen) atoms. The van der Waals surface area contributed by atoms with E-state index in [2.05, 4.69) is 20.6 Å². The molecule has 4 rings (SSSR count). The van der Waals surface area contributed by atoms with Gasteiger partial charge in [-0.1, -0.05) is 6.07 Å². The number of nitrogens with zero attached hydrogens (tertiary/aromatic N) is 3. The third kappa shape index (κ3) is 2.90. The van der Waals surface area contributed by atoms with Crippen LogP contribution in [0.5, 0.6) is 11.5 Å². The van der Waals surface area contributed by atoms with Gasteiger partial charge in [-0.25, -0.2) is 5.10 Å².